The molecule has 0 radical (unpaired) electrons. The van der Waals surface area contributed by atoms with Crippen molar-refractivity contribution in [1.82, 2.24) is 0 Å². The van der Waals surface area contributed by atoms with E-state index < -0.39 is 8.07 Å². The molecule has 0 nitrogen and oxygen atoms in total. The first-order chi connectivity index (χ1) is 19.4. The van der Waals surface area contributed by atoms with Gasteiger partial charge in [-0.2, -0.15) is 0 Å². The summed E-state index contributed by atoms with van der Waals surface area (Å²) in [4.78, 5) is 0. The molecule has 0 heterocycles. The van der Waals surface area contributed by atoms with Crippen LogP contribution < -0.4 is 0 Å². The number of hydrogen-bond acceptors (Lipinski definition) is 0. The van der Waals surface area contributed by atoms with Gasteiger partial charge in [-0.25, -0.2) is 0 Å². The number of benzene rings is 3. The Hall–Kier alpha value is -2.90. The molecular formula is C40H48Si. The Bertz CT molecular complexity index is 1500. The van der Waals surface area contributed by atoms with E-state index in [0.717, 1.165) is 5.54 Å². The second-order valence-electron chi connectivity index (χ2n) is 15.5. The first-order valence-electron chi connectivity index (χ1n) is 15.7. The third-order valence-electron chi connectivity index (χ3n) is 10.6. The van der Waals surface area contributed by atoms with E-state index in [2.05, 4.69) is 158 Å². The summed E-state index contributed by atoms with van der Waals surface area (Å²) in [6, 6.07) is 30.0. The summed E-state index contributed by atoms with van der Waals surface area (Å²) in [7, 11) is -1.83. The van der Waals surface area contributed by atoms with Gasteiger partial charge in [0, 0.05) is 0 Å². The molecule has 5 atom stereocenters. The van der Waals surface area contributed by atoms with Gasteiger partial charge >= 0.3 is 0 Å². The maximum atomic E-state index is 2.70. The minimum Gasteiger partial charge on any atom is -0.0805 e. The molecule has 5 unspecified atom stereocenters. The Labute approximate surface area is 250 Å². The van der Waals surface area contributed by atoms with Crippen molar-refractivity contribution in [3.05, 3.63) is 137 Å². The van der Waals surface area contributed by atoms with E-state index in [-0.39, 0.29) is 10.8 Å². The van der Waals surface area contributed by atoms with Crippen LogP contribution >= 0.6 is 0 Å². The first kappa shape index (κ1) is 28.2. The van der Waals surface area contributed by atoms with Crippen LogP contribution in [0.1, 0.15) is 87.2 Å². The SMILES string of the molecule is CC(C)(C)C1=CC2C(c3ccccc3)CC([Si](C)(C)C3C=C(c4ccccc4)c4cc(C(C)(C)C)ccc43)C2C=C1. The maximum Gasteiger partial charge on any atom is 0.0633 e. The molecule has 0 aliphatic heterocycles. The molecule has 3 aromatic rings. The fraction of sp³-hybridized carbons (Fsp3) is 0.400. The predicted octanol–water partition coefficient (Wildman–Crippen LogP) is 11.1. The van der Waals surface area contributed by atoms with E-state index in [9.17, 15) is 0 Å². The summed E-state index contributed by atoms with van der Waals surface area (Å²) in [5.41, 5.74) is 11.8. The normalized spacial score (nSPS) is 25.9. The van der Waals surface area contributed by atoms with Gasteiger partial charge in [0.2, 0.25) is 0 Å². The smallest absolute Gasteiger partial charge is 0.0633 e. The van der Waals surface area contributed by atoms with Crippen LogP contribution in [0.3, 0.4) is 0 Å². The topological polar surface area (TPSA) is 0 Å². The van der Waals surface area contributed by atoms with Gasteiger partial charge in [-0.3, -0.25) is 0 Å². The molecule has 0 aromatic heterocycles. The Morgan fingerprint density at radius 3 is 2.00 bits per heavy atom. The van der Waals surface area contributed by atoms with Gasteiger partial charge in [-0.15, -0.1) is 0 Å². The van der Waals surface area contributed by atoms with Gasteiger partial charge in [0.25, 0.3) is 0 Å². The van der Waals surface area contributed by atoms with Crippen LogP contribution in [0.5, 0.6) is 0 Å². The zero-order chi connectivity index (χ0) is 29.2. The highest BCUT2D eigenvalue weighted by molar-refractivity contribution is 6.81. The van der Waals surface area contributed by atoms with Gasteiger partial charge in [-0.1, -0.05) is 158 Å². The zero-order valence-corrected chi connectivity index (χ0v) is 27.4. The zero-order valence-electron chi connectivity index (χ0n) is 26.4. The highest BCUT2D eigenvalue weighted by Gasteiger charge is 2.53. The molecule has 1 heteroatoms. The average Bonchev–Trinajstić information content (AvgIpc) is 3.52. The lowest BCUT2D eigenvalue weighted by molar-refractivity contribution is 0.460. The van der Waals surface area contributed by atoms with Crippen molar-refractivity contribution in [2.24, 2.45) is 17.3 Å². The molecule has 3 aliphatic carbocycles. The molecule has 0 amide bonds. The van der Waals surface area contributed by atoms with Crippen LogP contribution in [-0.2, 0) is 5.41 Å². The van der Waals surface area contributed by atoms with Gasteiger partial charge in [0.05, 0.1) is 8.07 Å². The Morgan fingerprint density at radius 1 is 0.707 bits per heavy atom. The lowest BCUT2D eigenvalue weighted by Gasteiger charge is -2.40. The van der Waals surface area contributed by atoms with E-state index in [0.29, 0.717) is 23.3 Å². The summed E-state index contributed by atoms with van der Waals surface area (Å²) < 4.78 is 0. The van der Waals surface area contributed by atoms with E-state index in [4.69, 9.17) is 0 Å². The summed E-state index contributed by atoms with van der Waals surface area (Å²) in [6.07, 6.45) is 11.8. The lowest BCUT2D eigenvalue weighted by Crippen LogP contribution is -2.41. The molecule has 0 saturated heterocycles. The van der Waals surface area contributed by atoms with Crippen LogP contribution in [0.15, 0.2) is 109 Å². The third kappa shape index (κ3) is 5.05. The summed E-state index contributed by atoms with van der Waals surface area (Å²) in [5.74, 6) is 1.77. The van der Waals surface area contributed by atoms with Crippen molar-refractivity contribution in [1.29, 1.82) is 0 Å². The number of fused-ring (bicyclic) bond motifs is 2. The van der Waals surface area contributed by atoms with Crippen molar-refractivity contribution < 1.29 is 0 Å². The van der Waals surface area contributed by atoms with Crippen LogP contribution in [0, 0.1) is 17.3 Å². The van der Waals surface area contributed by atoms with Crippen molar-refractivity contribution in [2.45, 2.75) is 83.5 Å². The van der Waals surface area contributed by atoms with Crippen molar-refractivity contribution >= 4 is 13.6 Å². The van der Waals surface area contributed by atoms with E-state index in [1.54, 1.807) is 5.56 Å². The van der Waals surface area contributed by atoms with E-state index in [1.165, 1.54) is 39.8 Å². The standard InChI is InChI=1S/C40H48Si/c1-39(2,3)29-19-21-31-35(23-29)33(27-15-11-9-12-16-27)25-37(31)41(7,8)38-26-34(28-17-13-10-14-18-28)36-24-30(40(4,5)6)20-22-32(36)38/h9-25,32,34,36-38H,26H2,1-8H3. The van der Waals surface area contributed by atoms with Crippen LogP contribution in [0.25, 0.3) is 5.57 Å². The Balaban J connectivity index is 1.45. The molecular weight excluding hydrogens is 509 g/mol. The maximum absolute atomic E-state index is 2.70. The molecule has 212 valence electrons. The Kier molecular flexibility index (Phi) is 6.97. The molecule has 1 saturated carbocycles. The Morgan fingerprint density at radius 2 is 1.37 bits per heavy atom. The van der Waals surface area contributed by atoms with Crippen molar-refractivity contribution in [3.8, 4) is 0 Å². The summed E-state index contributed by atoms with van der Waals surface area (Å²) in [6.45, 7) is 19.5. The van der Waals surface area contributed by atoms with Gasteiger partial charge in [0.1, 0.15) is 0 Å². The molecule has 41 heavy (non-hydrogen) atoms. The van der Waals surface area contributed by atoms with E-state index >= 15 is 0 Å². The van der Waals surface area contributed by atoms with Crippen molar-refractivity contribution in [3.63, 3.8) is 0 Å². The molecule has 0 N–H and O–H groups in total. The molecule has 0 bridgehead atoms. The molecule has 0 spiro atoms. The molecule has 6 rings (SSSR count). The van der Waals surface area contributed by atoms with Crippen LogP contribution in [0.2, 0.25) is 18.6 Å². The quantitative estimate of drug-likeness (QED) is 0.280. The second-order valence-corrected chi connectivity index (χ2v) is 20.5. The lowest BCUT2D eigenvalue weighted by atomic mass is 9.75. The number of hydrogen-bond donors (Lipinski definition) is 0. The van der Waals surface area contributed by atoms with Gasteiger partial charge < -0.3 is 0 Å². The highest BCUT2D eigenvalue weighted by Crippen LogP contribution is 2.61. The molecule has 3 aliphatic rings. The van der Waals surface area contributed by atoms with Gasteiger partial charge in [-0.05, 0) is 85.1 Å². The minimum atomic E-state index is -1.83. The minimum absolute atomic E-state index is 0.132. The monoisotopic (exact) mass is 556 g/mol. The largest absolute Gasteiger partial charge is 0.0805 e. The van der Waals surface area contributed by atoms with Crippen LogP contribution in [-0.4, -0.2) is 8.07 Å². The first-order valence-corrected chi connectivity index (χ1v) is 18.9. The van der Waals surface area contributed by atoms with Gasteiger partial charge in [0.15, 0.2) is 0 Å². The number of rotatable bonds is 4. The third-order valence-corrected chi connectivity index (χ3v) is 15.2. The molecule has 3 aromatic carbocycles. The summed E-state index contributed by atoms with van der Waals surface area (Å²) >= 11 is 0. The predicted molar refractivity (Wildman–Crippen MR) is 180 cm³/mol. The van der Waals surface area contributed by atoms with Crippen LogP contribution in [0.4, 0.5) is 0 Å². The second kappa shape index (κ2) is 10.1. The fourth-order valence-electron chi connectivity index (χ4n) is 8.04. The van der Waals surface area contributed by atoms with E-state index in [1.807, 2.05) is 0 Å². The highest BCUT2D eigenvalue weighted by atomic mass is 28.3. The number of allylic oxidation sites excluding steroid dienone is 5. The van der Waals surface area contributed by atoms with Crippen molar-refractivity contribution in [2.75, 3.05) is 0 Å². The summed E-state index contributed by atoms with van der Waals surface area (Å²) in [5, 5.41) is 0. The molecule has 1 fully saturated rings. The average molecular weight is 557 g/mol. The fourth-order valence-corrected chi connectivity index (χ4v) is 12.3.